The van der Waals surface area contributed by atoms with Gasteiger partial charge >= 0.3 is 0 Å². The summed E-state index contributed by atoms with van der Waals surface area (Å²) in [7, 11) is 0. The van der Waals surface area contributed by atoms with Crippen molar-refractivity contribution in [1.29, 1.82) is 0 Å². The Morgan fingerprint density at radius 1 is 1.56 bits per heavy atom. The van der Waals surface area contributed by atoms with E-state index in [1.807, 2.05) is 12.3 Å². The lowest BCUT2D eigenvalue weighted by Gasteiger charge is -2.34. The Balaban J connectivity index is 2.16. The summed E-state index contributed by atoms with van der Waals surface area (Å²) in [6.07, 6.45) is 6.73. The molecule has 1 aromatic heterocycles. The molecule has 2 heterocycles. The van der Waals surface area contributed by atoms with Gasteiger partial charge in [-0.25, -0.2) is 4.98 Å². The molecule has 1 saturated heterocycles. The van der Waals surface area contributed by atoms with Gasteiger partial charge in [-0.3, -0.25) is 0 Å². The van der Waals surface area contributed by atoms with Crippen molar-refractivity contribution in [3.63, 3.8) is 0 Å². The fourth-order valence-corrected chi connectivity index (χ4v) is 2.81. The molecule has 2 unspecified atom stereocenters. The van der Waals surface area contributed by atoms with Crippen LogP contribution >= 0.6 is 0 Å². The van der Waals surface area contributed by atoms with Crippen LogP contribution in [-0.2, 0) is 6.42 Å². The molecule has 2 rings (SSSR count). The van der Waals surface area contributed by atoms with Crippen molar-refractivity contribution in [2.24, 2.45) is 11.7 Å². The van der Waals surface area contributed by atoms with Crippen LogP contribution in [0, 0.1) is 5.92 Å². The molecule has 1 fully saturated rings. The number of nitrogens with two attached hydrogens (primary N) is 1. The zero-order chi connectivity index (χ0) is 13.0. The summed E-state index contributed by atoms with van der Waals surface area (Å²) in [6, 6.07) is 4.38. The van der Waals surface area contributed by atoms with Crippen molar-refractivity contribution in [1.82, 2.24) is 4.98 Å². The van der Waals surface area contributed by atoms with Gasteiger partial charge in [-0.1, -0.05) is 19.4 Å². The monoisotopic (exact) mass is 247 g/mol. The molecule has 1 aliphatic rings. The van der Waals surface area contributed by atoms with Gasteiger partial charge in [0.15, 0.2) is 0 Å². The minimum absolute atomic E-state index is 0.194. The minimum atomic E-state index is 0.194. The zero-order valence-electron chi connectivity index (χ0n) is 11.6. The molecule has 0 saturated carbocycles. The Morgan fingerprint density at radius 3 is 3.11 bits per heavy atom. The highest BCUT2D eigenvalue weighted by Crippen LogP contribution is 2.26. The van der Waals surface area contributed by atoms with Gasteiger partial charge in [-0.15, -0.1) is 0 Å². The Kier molecular flexibility index (Phi) is 4.59. The molecule has 0 spiro atoms. The van der Waals surface area contributed by atoms with Crippen LogP contribution in [0.15, 0.2) is 18.3 Å². The zero-order valence-corrected chi connectivity index (χ0v) is 11.6. The average Bonchev–Trinajstić information content (AvgIpc) is 2.39. The number of rotatable bonds is 4. The molecule has 1 aromatic rings. The lowest BCUT2D eigenvalue weighted by Crippen LogP contribution is -2.36. The molecular formula is C15H25N3. The van der Waals surface area contributed by atoms with Crippen molar-refractivity contribution in [3.8, 4) is 0 Å². The van der Waals surface area contributed by atoms with Crippen molar-refractivity contribution in [2.75, 3.05) is 18.0 Å². The Labute approximate surface area is 110 Å². The molecule has 2 N–H and O–H groups in total. The number of pyridine rings is 1. The van der Waals surface area contributed by atoms with E-state index in [0.717, 1.165) is 31.2 Å². The van der Waals surface area contributed by atoms with Crippen molar-refractivity contribution in [2.45, 2.75) is 45.6 Å². The molecule has 0 amide bonds. The highest BCUT2D eigenvalue weighted by molar-refractivity contribution is 5.47. The van der Waals surface area contributed by atoms with Gasteiger partial charge in [-0.05, 0) is 43.7 Å². The first-order valence-electron chi connectivity index (χ1n) is 7.15. The van der Waals surface area contributed by atoms with Crippen LogP contribution in [0.3, 0.4) is 0 Å². The van der Waals surface area contributed by atoms with Crippen LogP contribution in [-0.4, -0.2) is 24.1 Å². The van der Waals surface area contributed by atoms with Crippen LogP contribution in [0.1, 0.15) is 38.7 Å². The fourth-order valence-electron chi connectivity index (χ4n) is 2.81. The van der Waals surface area contributed by atoms with Gasteiger partial charge in [0.2, 0.25) is 0 Å². The van der Waals surface area contributed by atoms with Crippen molar-refractivity contribution >= 4 is 5.82 Å². The van der Waals surface area contributed by atoms with E-state index in [2.05, 4.69) is 29.8 Å². The predicted molar refractivity (Wildman–Crippen MR) is 76.8 cm³/mol. The van der Waals surface area contributed by atoms with Gasteiger partial charge in [0.1, 0.15) is 5.82 Å². The topological polar surface area (TPSA) is 42.2 Å². The number of anilines is 1. The summed E-state index contributed by atoms with van der Waals surface area (Å²) in [4.78, 5) is 7.05. The van der Waals surface area contributed by atoms with Crippen LogP contribution in [0.4, 0.5) is 5.82 Å². The predicted octanol–water partition coefficient (Wildman–Crippen LogP) is 2.60. The maximum atomic E-state index is 5.93. The molecule has 100 valence electrons. The van der Waals surface area contributed by atoms with E-state index >= 15 is 0 Å². The minimum Gasteiger partial charge on any atom is -0.356 e. The normalized spacial score (nSPS) is 21.9. The molecule has 1 aliphatic heterocycles. The summed E-state index contributed by atoms with van der Waals surface area (Å²) in [5, 5.41) is 0. The summed E-state index contributed by atoms with van der Waals surface area (Å²) in [5.41, 5.74) is 7.23. The third kappa shape index (κ3) is 3.22. The van der Waals surface area contributed by atoms with Crippen LogP contribution in [0.2, 0.25) is 0 Å². The van der Waals surface area contributed by atoms with Crippen LogP contribution in [0.25, 0.3) is 0 Å². The third-order valence-electron chi connectivity index (χ3n) is 3.81. The lowest BCUT2D eigenvalue weighted by atomic mass is 9.95. The summed E-state index contributed by atoms with van der Waals surface area (Å²) < 4.78 is 0. The number of piperidine rings is 1. The first-order chi connectivity index (χ1) is 8.70. The molecule has 0 aliphatic carbocycles. The highest BCUT2D eigenvalue weighted by Gasteiger charge is 2.21. The maximum Gasteiger partial charge on any atom is 0.131 e. The van der Waals surface area contributed by atoms with Gasteiger partial charge in [-0.2, -0.15) is 0 Å². The molecule has 0 radical (unpaired) electrons. The van der Waals surface area contributed by atoms with Gasteiger partial charge < -0.3 is 10.6 Å². The molecule has 18 heavy (non-hydrogen) atoms. The van der Waals surface area contributed by atoms with E-state index in [1.54, 1.807) is 0 Å². The van der Waals surface area contributed by atoms with Crippen molar-refractivity contribution in [3.05, 3.63) is 23.9 Å². The molecular weight excluding hydrogens is 222 g/mol. The number of hydrogen-bond donors (Lipinski definition) is 1. The second-order valence-electron chi connectivity index (χ2n) is 5.53. The van der Waals surface area contributed by atoms with Gasteiger partial charge in [0, 0.05) is 25.3 Å². The summed E-state index contributed by atoms with van der Waals surface area (Å²) >= 11 is 0. The number of hydrogen-bond acceptors (Lipinski definition) is 3. The largest absolute Gasteiger partial charge is 0.356 e. The Bertz CT molecular complexity index is 376. The molecule has 0 aromatic carbocycles. The van der Waals surface area contributed by atoms with E-state index in [9.17, 15) is 0 Å². The molecule has 3 heteroatoms. The standard InChI is InChI=1S/C15H25N3/c1-3-13-6-5-9-18(11-13)15-14(10-12(2)16)7-4-8-17-15/h4,7-8,12-13H,3,5-6,9-11,16H2,1-2H3. The highest BCUT2D eigenvalue weighted by atomic mass is 15.2. The SMILES string of the molecule is CCC1CCCN(c2ncccc2CC(C)N)C1. The maximum absolute atomic E-state index is 5.93. The first-order valence-corrected chi connectivity index (χ1v) is 7.15. The Hall–Kier alpha value is -1.09. The van der Waals surface area contributed by atoms with Crippen LogP contribution in [0.5, 0.6) is 0 Å². The van der Waals surface area contributed by atoms with Gasteiger partial charge in [0.05, 0.1) is 0 Å². The smallest absolute Gasteiger partial charge is 0.131 e. The number of aromatic nitrogens is 1. The fraction of sp³-hybridized carbons (Fsp3) is 0.667. The summed E-state index contributed by atoms with van der Waals surface area (Å²) in [6.45, 7) is 6.64. The van der Waals surface area contributed by atoms with Gasteiger partial charge in [0.25, 0.3) is 0 Å². The second-order valence-corrected chi connectivity index (χ2v) is 5.53. The molecule has 2 atom stereocenters. The quantitative estimate of drug-likeness (QED) is 0.889. The summed E-state index contributed by atoms with van der Waals surface area (Å²) in [5.74, 6) is 1.98. The van der Waals surface area contributed by atoms with E-state index in [4.69, 9.17) is 5.73 Å². The van der Waals surface area contributed by atoms with Crippen molar-refractivity contribution < 1.29 is 0 Å². The molecule has 3 nitrogen and oxygen atoms in total. The second kappa shape index (κ2) is 6.19. The average molecular weight is 247 g/mol. The molecule has 0 bridgehead atoms. The van der Waals surface area contributed by atoms with E-state index < -0.39 is 0 Å². The lowest BCUT2D eigenvalue weighted by molar-refractivity contribution is 0.402. The van der Waals surface area contributed by atoms with E-state index in [1.165, 1.54) is 24.8 Å². The number of nitrogens with zero attached hydrogens (tertiary/aromatic N) is 2. The first kappa shape index (κ1) is 13.3. The third-order valence-corrected chi connectivity index (χ3v) is 3.81. The van der Waals surface area contributed by atoms with E-state index in [-0.39, 0.29) is 6.04 Å². The Morgan fingerprint density at radius 2 is 2.39 bits per heavy atom. The van der Waals surface area contributed by atoms with Crippen LogP contribution < -0.4 is 10.6 Å². The van der Waals surface area contributed by atoms with E-state index in [0.29, 0.717) is 0 Å².